The molecule has 1 aromatic carbocycles. The smallest absolute Gasteiger partial charge is 0.217 e. The minimum absolute atomic E-state index is 0.317. The second-order valence-electron chi connectivity index (χ2n) is 3.86. The lowest BCUT2D eigenvalue weighted by molar-refractivity contribution is 0.341. The molecule has 0 radical (unpaired) electrons. The fraction of sp³-hybridized carbons (Fsp3) is 0.333. The second kappa shape index (κ2) is 5.48. The zero-order valence-electron chi connectivity index (χ0n) is 10.1. The van der Waals surface area contributed by atoms with Gasteiger partial charge in [-0.25, -0.2) is 14.1 Å². The highest BCUT2D eigenvalue weighted by Crippen LogP contribution is 2.19. The summed E-state index contributed by atoms with van der Waals surface area (Å²) in [7, 11) is 1.62. The molecule has 6 heteroatoms. The lowest BCUT2D eigenvalue weighted by Gasteiger charge is -2.07. The summed E-state index contributed by atoms with van der Waals surface area (Å²) in [6.45, 7) is 1.92. The molecule has 2 rings (SSSR count). The molecule has 1 aromatic heterocycles. The predicted octanol–water partition coefficient (Wildman–Crippen LogP) is 3.13. The number of aromatic nitrogens is 3. The summed E-state index contributed by atoms with van der Waals surface area (Å²) in [5.41, 5.74) is 1.01. The molecule has 0 bridgehead atoms. The Morgan fingerprint density at radius 1 is 1.39 bits per heavy atom. The summed E-state index contributed by atoms with van der Waals surface area (Å²) < 4.78 is 20.4. The van der Waals surface area contributed by atoms with Gasteiger partial charge in [0.1, 0.15) is 5.75 Å². The molecule has 1 atom stereocenters. The number of rotatable bonds is 4. The largest absolute Gasteiger partial charge is 0.497 e. The molecule has 0 spiro atoms. The van der Waals surface area contributed by atoms with E-state index in [2.05, 4.69) is 26.0 Å². The van der Waals surface area contributed by atoms with Gasteiger partial charge in [0.25, 0.3) is 0 Å². The molecule has 0 saturated heterocycles. The first kappa shape index (κ1) is 13.0. The maximum atomic E-state index is 13.4. The van der Waals surface area contributed by atoms with Gasteiger partial charge in [-0.2, -0.15) is 0 Å². The standard InChI is InChI=1S/C12H13BrFN3O/c1-8(14)11-15-12(13)16-17(11)7-9-3-5-10(18-2)6-4-9/h3-6,8H,7H2,1-2H3. The summed E-state index contributed by atoms with van der Waals surface area (Å²) in [6.07, 6.45) is -1.15. The fourth-order valence-electron chi connectivity index (χ4n) is 1.64. The van der Waals surface area contributed by atoms with Gasteiger partial charge in [0.2, 0.25) is 4.73 Å². The molecular weight excluding hydrogens is 301 g/mol. The van der Waals surface area contributed by atoms with Gasteiger partial charge in [0.05, 0.1) is 13.7 Å². The molecule has 0 aliphatic heterocycles. The van der Waals surface area contributed by atoms with E-state index in [0.29, 0.717) is 17.1 Å². The van der Waals surface area contributed by atoms with Gasteiger partial charge in [-0.05, 0) is 40.5 Å². The Labute approximate surface area is 113 Å². The minimum atomic E-state index is -1.15. The van der Waals surface area contributed by atoms with Crippen molar-refractivity contribution in [2.45, 2.75) is 19.6 Å². The zero-order chi connectivity index (χ0) is 13.1. The molecule has 4 nitrogen and oxygen atoms in total. The molecule has 0 aliphatic carbocycles. The summed E-state index contributed by atoms with van der Waals surface area (Å²) >= 11 is 3.16. The normalized spacial score (nSPS) is 12.4. The van der Waals surface area contributed by atoms with Crippen LogP contribution in [0.1, 0.15) is 24.5 Å². The number of alkyl halides is 1. The van der Waals surface area contributed by atoms with Crippen molar-refractivity contribution in [3.8, 4) is 5.75 Å². The van der Waals surface area contributed by atoms with Crippen LogP contribution in [0.3, 0.4) is 0 Å². The Morgan fingerprint density at radius 2 is 2.06 bits per heavy atom. The van der Waals surface area contributed by atoms with Crippen LogP contribution in [0.4, 0.5) is 4.39 Å². The SMILES string of the molecule is COc1ccc(Cn2nc(Br)nc2C(C)F)cc1. The second-order valence-corrected chi connectivity index (χ2v) is 4.57. The first-order valence-corrected chi connectivity index (χ1v) is 6.26. The summed E-state index contributed by atoms with van der Waals surface area (Å²) in [5.74, 6) is 1.11. The van der Waals surface area contributed by atoms with Crippen molar-refractivity contribution in [2.24, 2.45) is 0 Å². The third-order valence-electron chi connectivity index (χ3n) is 2.52. The zero-order valence-corrected chi connectivity index (χ0v) is 11.7. The number of methoxy groups -OCH3 is 1. The van der Waals surface area contributed by atoms with Gasteiger partial charge < -0.3 is 4.74 Å². The van der Waals surface area contributed by atoms with Gasteiger partial charge in [0.15, 0.2) is 12.0 Å². The van der Waals surface area contributed by atoms with Crippen molar-refractivity contribution in [1.82, 2.24) is 14.8 Å². The maximum Gasteiger partial charge on any atom is 0.217 e. The topological polar surface area (TPSA) is 39.9 Å². The Morgan fingerprint density at radius 3 is 2.61 bits per heavy atom. The molecule has 1 heterocycles. The number of hydrogen-bond donors (Lipinski definition) is 0. The molecular formula is C12H13BrFN3O. The van der Waals surface area contributed by atoms with Crippen LogP contribution in [0.2, 0.25) is 0 Å². The van der Waals surface area contributed by atoms with Crippen molar-refractivity contribution in [3.05, 3.63) is 40.4 Å². The summed E-state index contributed by atoms with van der Waals surface area (Å²) in [4.78, 5) is 4.01. The Balaban J connectivity index is 2.22. The molecule has 0 N–H and O–H groups in total. The van der Waals surface area contributed by atoms with Crippen molar-refractivity contribution in [2.75, 3.05) is 7.11 Å². The first-order valence-electron chi connectivity index (χ1n) is 5.47. The van der Waals surface area contributed by atoms with Gasteiger partial charge in [-0.3, -0.25) is 0 Å². The number of halogens is 2. The van der Waals surface area contributed by atoms with E-state index in [0.717, 1.165) is 11.3 Å². The van der Waals surface area contributed by atoms with Crippen LogP contribution in [-0.4, -0.2) is 21.9 Å². The van der Waals surface area contributed by atoms with Crippen LogP contribution >= 0.6 is 15.9 Å². The van der Waals surface area contributed by atoms with E-state index >= 15 is 0 Å². The number of hydrogen-bond acceptors (Lipinski definition) is 3. The van der Waals surface area contributed by atoms with Gasteiger partial charge >= 0.3 is 0 Å². The number of benzene rings is 1. The van der Waals surface area contributed by atoms with Gasteiger partial charge in [-0.1, -0.05) is 12.1 Å². The summed E-state index contributed by atoms with van der Waals surface area (Å²) in [6, 6.07) is 7.56. The average Bonchev–Trinajstić information content (AvgIpc) is 2.71. The van der Waals surface area contributed by atoms with Crippen molar-refractivity contribution < 1.29 is 9.13 Å². The fourth-order valence-corrected chi connectivity index (χ4v) is 2.01. The average molecular weight is 314 g/mol. The van der Waals surface area contributed by atoms with Crippen molar-refractivity contribution in [1.29, 1.82) is 0 Å². The molecule has 0 aliphatic rings. The van der Waals surface area contributed by atoms with Crippen LogP contribution < -0.4 is 4.74 Å². The van der Waals surface area contributed by atoms with Crippen molar-refractivity contribution in [3.63, 3.8) is 0 Å². The highest BCUT2D eigenvalue weighted by Gasteiger charge is 2.14. The molecule has 2 aromatic rings. The van der Waals surface area contributed by atoms with E-state index in [1.807, 2.05) is 24.3 Å². The highest BCUT2D eigenvalue weighted by molar-refractivity contribution is 9.10. The number of ether oxygens (including phenoxy) is 1. The van der Waals surface area contributed by atoms with E-state index in [9.17, 15) is 4.39 Å². The Hall–Kier alpha value is -1.43. The Bertz CT molecular complexity index is 525. The third kappa shape index (κ3) is 2.87. The molecule has 0 fully saturated rings. The maximum absolute atomic E-state index is 13.4. The summed E-state index contributed by atoms with van der Waals surface area (Å²) in [5, 5.41) is 4.12. The van der Waals surface area contributed by atoms with Crippen LogP contribution in [0.25, 0.3) is 0 Å². The monoisotopic (exact) mass is 313 g/mol. The van der Waals surface area contributed by atoms with Crippen LogP contribution in [0, 0.1) is 0 Å². The van der Waals surface area contributed by atoms with Crippen LogP contribution in [0.5, 0.6) is 5.75 Å². The van der Waals surface area contributed by atoms with Crippen molar-refractivity contribution >= 4 is 15.9 Å². The van der Waals surface area contributed by atoms with E-state index in [4.69, 9.17) is 4.74 Å². The van der Waals surface area contributed by atoms with E-state index in [-0.39, 0.29) is 0 Å². The molecule has 18 heavy (non-hydrogen) atoms. The minimum Gasteiger partial charge on any atom is -0.497 e. The van der Waals surface area contributed by atoms with Crippen LogP contribution in [0.15, 0.2) is 29.0 Å². The quantitative estimate of drug-likeness (QED) is 0.870. The lowest BCUT2D eigenvalue weighted by atomic mass is 10.2. The predicted molar refractivity (Wildman–Crippen MR) is 69.3 cm³/mol. The van der Waals surface area contributed by atoms with Crippen LogP contribution in [-0.2, 0) is 6.54 Å². The lowest BCUT2D eigenvalue weighted by Crippen LogP contribution is -2.07. The third-order valence-corrected chi connectivity index (χ3v) is 2.86. The molecule has 96 valence electrons. The molecule has 0 amide bonds. The number of nitrogens with zero attached hydrogens (tertiary/aromatic N) is 3. The Kier molecular flexibility index (Phi) is 3.96. The van der Waals surface area contributed by atoms with E-state index < -0.39 is 6.17 Å². The molecule has 0 saturated carbocycles. The van der Waals surface area contributed by atoms with Gasteiger partial charge in [-0.15, -0.1) is 5.10 Å². The molecule has 1 unspecified atom stereocenters. The highest BCUT2D eigenvalue weighted by atomic mass is 79.9. The van der Waals surface area contributed by atoms with E-state index in [1.54, 1.807) is 11.8 Å². The first-order chi connectivity index (χ1) is 8.60. The van der Waals surface area contributed by atoms with Gasteiger partial charge in [0, 0.05) is 0 Å². The van der Waals surface area contributed by atoms with E-state index in [1.165, 1.54) is 6.92 Å².